The Hall–Kier alpha value is -0.730. The van der Waals surface area contributed by atoms with Crippen molar-refractivity contribution >= 4 is 11.6 Å². The van der Waals surface area contributed by atoms with Crippen LogP contribution in [0.5, 0.6) is 5.75 Å². The van der Waals surface area contributed by atoms with Gasteiger partial charge in [-0.2, -0.15) is 0 Å². The van der Waals surface area contributed by atoms with Crippen LogP contribution in [-0.2, 0) is 6.42 Å². The van der Waals surface area contributed by atoms with Crippen molar-refractivity contribution in [3.63, 3.8) is 0 Å². The van der Waals surface area contributed by atoms with Gasteiger partial charge in [-0.05, 0) is 30.5 Å². The van der Waals surface area contributed by atoms with Crippen LogP contribution in [0.2, 0.25) is 5.02 Å². The highest BCUT2D eigenvalue weighted by atomic mass is 35.5. The van der Waals surface area contributed by atoms with Gasteiger partial charge in [0.1, 0.15) is 5.75 Å². The Bertz CT molecular complexity index is 325. The Morgan fingerprint density at radius 3 is 2.92 bits per heavy atom. The number of phenols is 1. The molecule has 0 saturated heterocycles. The first-order valence-electron chi connectivity index (χ1n) is 3.96. The third-order valence-electron chi connectivity index (χ3n) is 2.36. The van der Waals surface area contributed by atoms with Gasteiger partial charge in [0.15, 0.2) is 0 Å². The monoisotopic (exact) mass is 183 g/mol. The molecule has 0 aliphatic heterocycles. The van der Waals surface area contributed by atoms with E-state index in [0.29, 0.717) is 10.8 Å². The average Bonchev–Trinajstić information content (AvgIpc) is 2.42. The van der Waals surface area contributed by atoms with E-state index in [2.05, 4.69) is 0 Å². The van der Waals surface area contributed by atoms with Crippen LogP contribution in [0.4, 0.5) is 0 Å². The van der Waals surface area contributed by atoms with Crippen LogP contribution in [0.15, 0.2) is 12.1 Å². The number of fused-ring (bicyclic) bond motifs is 1. The SMILES string of the molecule is N[C@@H]1CCc2c(O)ccc(Cl)c21. The Balaban J connectivity index is 2.64. The Labute approximate surface area is 76.0 Å². The lowest BCUT2D eigenvalue weighted by Crippen LogP contribution is -2.05. The van der Waals surface area contributed by atoms with Gasteiger partial charge in [-0.25, -0.2) is 0 Å². The van der Waals surface area contributed by atoms with Gasteiger partial charge in [0.2, 0.25) is 0 Å². The number of hydrogen-bond acceptors (Lipinski definition) is 2. The molecule has 0 unspecified atom stereocenters. The van der Waals surface area contributed by atoms with Crippen LogP contribution in [0.25, 0.3) is 0 Å². The van der Waals surface area contributed by atoms with Crippen molar-refractivity contribution in [3.8, 4) is 5.75 Å². The van der Waals surface area contributed by atoms with Gasteiger partial charge >= 0.3 is 0 Å². The summed E-state index contributed by atoms with van der Waals surface area (Å²) in [7, 11) is 0. The van der Waals surface area contributed by atoms with Crippen molar-refractivity contribution < 1.29 is 5.11 Å². The fraction of sp³-hybridized carbons (Fsp3) is 0.333. The minimum absolute atomic E-state index is 0.000370. The lowest BCUT2D eigenvalue weighted by atomic mass is 10.1. The summed E-state index contributed by atoms with van der Waals surface area (Å²) in [6.07, 6.45) is 1.72. The number of hydrogen-bond donors (Lipinski definition) is 2. The quantitative estimate of drug-likeness (QED) is 0.646. The average molecular weight is 184 g/mol. The number of benzene rings is 1. The first-order chi connectivity index (χ1) is 5.70. The third-order valence-corrected chi connectivity index (χ3v) is 2.68. The number of aromatic hydroxyl groups is 1. The summed E-state index contributed by atoms with van der Waals surface area (Å²) in [5, 5.41) is 10.1. The van der Waals surface area contributed by atoms with Crippen LogP contribution < -0.4 is 5.73 Å². The second-order valence-corrected chi connectivity index (χ2v) is 3.51. The van der Waals surface area contributed by atoms with Crippen molar-refractivity contribution in [1.82, 2.24) is 0 Å². The van der Waals surface area contributed by atoms with Gasteiger partial charge in [0.25, 0.3) is 0 Å². The molecule has 0 saturated carbocycles. The highest BCUT2D eigenvalue weighted by molar-refractivity contribution is 6.31. The Morgan fingerprint density at radius 2 is 2.25 bits per heavy atom. The van der Waals surface area contributed by atoms with Crippen LogP contribution in [0, 0.1) is 0 Å². The molecular weight excluding hydrogens is 174 g/mol. The van der Waals surface area contributed by atoms with E-state index >= 15 is 0 Å². The maximum atomic E-state index is 9.46. The molecule has 0 heterocycles. The van der Waals surface area contributed by atoms with Gasteiger partial charge < -0.3 is 10.8 Å². The first-order valence-corrected chi connectivity index (χ1v) is 4.34. The summed E-state index contributed by atoms with van der Waals surface area (Å²) >= 11 is 5.95. The second-order valence-electron chi connectivity index (χ2n) is 3.10. The largest absolute Gasteiger partial charge is 0.508 e. The van der Waals surface area contributed by atoms with Crippen LogP contribution >= 0.6 is 11.6 Å². The van der Waals surface area contributed by atoms with E-state index in [4.69, 9.17) is 17.3 Å². The van der Waals surface area contributed by atoms with E-state index in [1.165, 1.54) is 0 Å². The molecule has 64 valence electrons. The normalized spacial score (nSPS) is 21.0. The molecular formula is C9H10ClNO. The predicted octanol–water partition coefficient (Wildman–Crippen LogP) is 1.99. The van der Waals surface area contributed by atoms with Crippen LogP contribution in [0.1, 0.15) is 23.6 Å². The van der Waals surface area contributed by atoms with Crippen molar-refractivity contribution in [2.75, 3.05) is 0 Å². The maximum Gasteiger partial charge on any atom is 0.119 e. The smallest absolute Gasteiger partial charge is 0.119 e. The molecule has 0 bridgehead atoms. The lowest BCUT2D eigenvalue weighted by Gasteiger charge is -2.07. The number of rotatable bonds is 0. The Morgan fingerprint density at radius 1 is 1.50 bits per heavy atom. The van der Waals surface area contributed by atoms with Gasteiger partial charge in [0.05, 0.1) is 0 Å². The molecule has 0 aromatic heterocycles. The number of nitrogens with two attached hydrogens (primary N) is 1. The fourth-order valence-corrected chi connectivity index (χ4v) is 2.05. The molecule has 0 fully saturated rings. The number of phenolic OH excluding ortho intramolecular Hbond substituents is 1. The molecule has 3 heteroatoms. The summed E-state index contributed by atoms with van der Waals surface area (Å²) in [6.45, 7) is 0. The molecule has 0 amide bonds. The highest BCUT2D eigenvalue weighted by Crippen LogP contribution is 2.39. The molecule has 1 aromatic rings. The minimum atomic E-state index is -0.000370. The zero-order chi connectivity index (χ0) is 8.72. The molecule has 2 nitrogen and oxygen atoms in total. The summed E-state index contributed by atoms with van der Waals surface area (Å²) < 4.78 is 0. The molecule has 0 radical (unpaired) electrons. The second kappa shape index (κ2) is 2.64. The van der Waals surface area contributed by atoms with E-state index in [1.54, 1.807) is 12.1 Å². The van der Waals surface area contributed by atoms with E-state index in [-0.39, 0.29) is 6.04 Å². The fourth-order valence-electron chi connectivity index (χ4n) is 1.73. The molecule has 2 rings (SSSR count). The van der Waals surface area contributed by atoms with E-state index in [9.17, 15) is 5.11 Å². The van der Waals surface area contributed by atoms with Crippen LogP contribution in [-0.4, -0.2) is 5.11 Å². The van der Waals surface area contributed by atoms with Crippen LogP contribution in [0.3, 0.4) is 0 Å². The zero-order valence-electron chi connectivity index (χ0n) is 6.55. The summed E-state index contributed by atoms with van der Waals surface area (Å²) in [6, 6.07) is 3.32. The molecule has 1 aliphatic carbocycles. The summed E-state index contributed by atoms with van der Waals surface area (Å²) in [5.74, 6) is 0.322. The van der Waals surface area contributed by atoms with Gasteiger partial charge in [-0.3, -0.25) is 0 Å². The lowest BCUT2D eigenvalue weighted by molar-refractivity contribution is 0.469. The maximum absolute atomic E-state index is 9.46. The van der Waals surface area contributed by atoms with E-state index in [1.807, 2.05) is 0 Å². The molecule has 3 N–H and O–H groups in total. The van der Waals surface area contributed by atoms with Gasteiger partial charge in [-0.1, -0.05) is 11.6 Å². The molecule has 0 spiro atoms. The Kier molecular flexibility index (Phi) is 1.74. The summed E-state index contributed by atoms with van der Waals surface area (Å²) in [4.78, 5) is 0. The standard InChI is InChI=1S/C9H10ClNO/c10-6-2-4-8(12)5-1-3-7(11)9(5)6/h2,4,7,12H,1,3,11H2/t7-/m1/s1. The van der Waals surface area contributed by atoms with Gasteiger partial charge in [0, 0.05) is 16.6 Å². The third kappa shape index (κ3) is 0.993. The van der Waals surface area contributed by atoms with Crippen molar-refractivity contribution in [2.45, 2.75) is 18.9 Å². The van der Waals surface area contributed by atoms with E-state index < -0.39 is 0 Å². The molecule has 1 atom stereocenters. The topological polar surface area (TPSA) is 46.2 Å². The number of halogens is 1. The highest BCUT2D eigenvalue weighted by Gasteiger charge is 2.24. The first kappa shape index (κ1) is 7.90. The molecule has 12 heavy (non-hydrogen) atoms. The van der Waals surface area contributed by atoms with Gasteiger partial charge in [-0.15, -0.1) is 0 Å². The van der Waals surface area contributed by atoms with Crippen molar-refractivity contribution in [3.05, 3.63) is 28.3 Å². The molecule has 1 aromatic carbocycles. The van der Waals surface area contributed by atoms with E-state index in [0.717, 1.165) is 24.0 Å². The van der Waals surface area contributed by atoms with Crippen molar-refractivity contribution in [2.24, 2.45) is 5.73 Å². The zero-order valence-corrected chi connectivity index (χ0v) is 7.30. The molecule has 1 aliphatic rings. The summed E-state index contributed by atoms with van der Waals surface area (Å²) in [5.41, 5.74) is 7.67. The van der Waals surface area contributed by atoms with Crippen molar-refractivity contribution in [1.29, 1.82) is 0 Å². The predicted molar refractivity (Wildman–Crippen MR) is 48.4 cm³/mol. The minimum Gasteiger partial charge on any atom is -0.508 e.